The van der Waals surface area contributed by atoms with Crippen LogP contribution in [-0.2, 0) is 18.6 Å². The number of aryl methyl sites for hydroxylation is 1. The molecule has 2 aliphatic heterocycles. The topological polar surface area (TPSA) is 50.1 Å². The number of rotatable bonds is 1. The molecule has 2 N–H and O–H groups in total. The van der Waals surface area contributed by atoms with Gasteiger partial charge in [0.1, 0.15) is 5.60 Å². The van der Waals surface area contributed by atoms with Crippen LogP contribution in [0.4, 0.5) is 0 Å². The molecule has 0 bridgehead atoms. The van der Waals surface area contributed by atoms with Gasteiger partial charge in [-0.3, -0.25) is 4.98 Å². The zero-order valence-electron chi connectivity index (χ0n) is 14.5. The highest BCUT2D eigenvalue weighted by Crippen LogP contribution is 2.45. The number of hydrogen-bond donors (Lipinski definition) is 2. The predicted molar refractivity (Wildman–Crippen MR) is 98.7 cm³/mol. The second kappa shape index (κ2) is 5.41. The first-order valence-corrected chi connectivity index (χ1v) is 9.11. The second-order valence-electron chi connectivity index (χ2n) is 7.59. The number of pyridine rings is 1. The zero-order valence-corrected chi connectivity index (χ0v) is 14.5. The normalized spacial score (nSPS) is 25.6. The molecule has 4 heterocycles. The number of aliphatic hydroxyl groups is 1. The Morgan fingerprint density at radius 3 is 2.92 bits per heavy atom. The fourth-order valence-electron chi connectivity index (χ4n) is 4.82. The highest BCUT2D eigenvalue weighted by atomic mass is 16.3. The SMILES string of the molecule is Cc1ccc2c(c1)c1c3n2CC(O)(c2ccncc2)CC3CNCC1. The third-order valence-electron chi connectivity index (χ3n) is 5.92. The molecular formula is C21H23N3O. The van der Waals surface area contributed by atoms with Crippen molar-refractivity contribution < 1.29 is 5.11 Å². The van der Waals surface area contributed by atoms with E-state index < -0.39 is 5.60 Å². The average molecular weight is 333 g/mol. The Balaban J connectivity index is 1.75. The Labute approximate surface area is 147 Å². The van der Waals surface area contributed by atoms with Crippen LogP contribution in [-0.4, -0.2) is 27.7 Å². The van der Waals surface area contributed by atoms with Gasteiger partial charge in [0.25, 0.3) is 0 Å². The molecule has 2 atom stereocenters. The number of fused-ring (bicyclic) bond motifs is 3. The van der Waals surface area contributed by atoms with Crippen LogP contribution >= 0.6 is 0 Å². The average Bonchev–Trinajstić information content (AvgIpc) is 2.77. The van der Waals surface area contributed by atoms with Gasteiger partial charge in [-0.1, -0.05) is 11.6 Å². The van der Waals surface area contributed by atoms with E-state index in [-0.39, 0.29) is 0 Å². The van der Waals surface area contributed by atoms with E-state index in [0.717, 1.165) is 31.5 Å². The van der Waals surface area contributed by atoms with Crippen molar-refractivity contribution in [3.8, 4) is 0 Å². The zero-order chi connectivity index (χ0) is 17.0. The summed E-state index contributed by atoms with van der Waals surface area (Å²) in [6.07, 6.45) is 5.37. The van der Waals surface area contributed by atoms with Gasteiger partial charge in [-0.25, -0.2) is 0 Å². The summed E-state index contributed by atoms with van der Waals surface area (Å²) in [5.41, 5.74) is 5.59. The van der Waals surface area contributed by atoms with Crippen LogP contribution in [0.15, 0.2) is 42.7 Å². The Bertz CT molecular complexity index is 947. The largest absolute Gasteiger partial charge is 0.383 e. The summed E-state index contributed by atoms with van der Waals surface area (Å²) in [6.45, 7) is 4.70. The Morgan fingerprint density at radius 2 is 2.08 bits per heavy atom. The van der Waals surface area contributed by atoms with Crippen molar-refractivity contribution in [2.45, 2.75) is 37.8 Å². The monoisotopic (exact) mass is 333 g/mol. The van der Waals surface area contributed by atoms with Gasteiger partial charge < -0.3 is 15.0 Å². The lowest BCUT2D eigenvalue weighted by Gasteiger charge is -2.39. The number of nitrogens with zero attached hydrogens (tertiary/aromatic N) is 2. The summed E-state index contributed by atoms with van der Waals surface area (Å²) in [6, 6.07) is 10.6. The quantitative estimate of drug-likeness (QED) is 0.720. The molecule has 0 radical (unpaired) electrons. The van der Waals surface area contributed by atoms with E-state index in [1.54, 1.807) is 12.4 Å². The summed E-state index contributed by atoms with van der Waals surface area (Å²) in [7, 11) is 0. The number of hydrogen-bond acceptors (Lipinski definition) is 3. The van der Waals surface area contributed by atoms with Crippen molar-refractivity contribution >= 4 is 10.9 Å². The van der Waals surface area contributed by atoms with Crippen LogP contribution in [0.5, 0.6) is 0 Å². The molecule has 128 valence electrons. The van der Waals surface area contributed by atoms with Crippen molar-refractivity contribution in [1.82, 2.24) is 14.9 Å². The summed E-state index contributed by atoms with van der Waals surface area (Å²) in [4.78, 5) is 4.11. The highest BCUT2D eigenvalue weighted by Gasteiger charge is 2.41. The molecular weight excluding hydrogens is 310 g/mol. The van der Waals surface area contributed by atoms with E-state index in [9.17, 15) is 5.11 Å². The molecule has 0 aliphatic carbocycles. The van der Waals surface area contributed by atoms with Gasteiger partial charge in [-0.2, -0.15) is 0 Å². The molecule has 4 heteroatoms. The van der Waals surface area contributed by atoms with Crippen LogP contribution in [0.3, 0.4) is 0 Å². The molecule has 2 aromatic heterocycles. The van der Waals surface area contributed by atoms with Gasteiger partial charge in [0.2, 0.25) is 0 Å². The first kappa shape index (κ1) is 15.1. The third kappa shape index (κ3) is 2.25. The van der Waals surface area contributed by atoms with Crippen LogP contribution in [0, 0.1) is 6.92 Å². The molecule has 4 nitrogen and oxygen atoms in total. The van der Waals surface area contributed by atoms with E-state index in [1.165, 1.54) is 27.7 Å². The van der Waals surface area contributed by atoms with Crippen LogP contribution in [0.1, 0.15) is 34.7 Å². The van der Waals surface area contributed by atoms with Crippen LogP contribution in [0.2, 0.25) is 0 Å². The van der Waals surface area contributed by atoms with Gasteiger partial charge >= 0.3 is 0 Å². The Kier molecular flexibility index (Phi) is 3.27. The standard InChI is InChI=1S/C21H23N3O/c1-14-2-3-19-18(10-14)17-6-9-23-12-15-11-21(25,13-24(19)20(15)17)16-4-7-22-8-5-16/h2-5,7-8,10,15,23,25H,6,9,11-13H2,1H3. The molecule has 0 fully saturated rings. The molecule has 1 aromatic carbocycles. The number of nitrogens with one attached hydrogen (secondary N) is 1. The van der Waals surface area contributed by atoms with Crippen molar-refractivity contribution in [2.24, 2.45) is 0 Å². The molecule has 0 spiro atoms. The molecule has 5 rings (SSSR count). The van der Waals surface area contributed by atoms with Crippen molar-refractivity contribution in [2.75, 3.05) is 13.1 Å². The molecule has 3 aromatic rings. The Morgan fingerprint density at radius 1 is 1.24 bits per heavy atom. The van der Waals surface area contributed by atoms with E-state index in [1.807, 2.05) is 12.1 Å². The van der Waals surface area contributed by atoms with Crippen LogP contribution in [0.25, 0.3) is 10.9 Å². The van der Waals surface area contributed by atoms with E-state index in [0.29, 0.717) is 12.5 Å². The first-order valence-electron chi connectivity index (χ1n) is 9.11. The second-order valence-corrected chi connectivity index (χ2v) is 7.59. The molecule has 2 unspecified atom stereocenters. The molecule has 0 saturated carbocycles. The fraction of sp³-hybridized carbons (Fsp3) is 0.381. The van der Waals surface area contributed by atoms with Crippen LogP contribution < -0.4 is 5.32 Å². The molecule has 25 heavy (non-hydrogen) atoms. The lowest BCUT2D eigenvalue weighted by molar-refractivity contribution is -0.00892. The predicted octanol–water partition coefficient (Wildman–Crippen LogP) is 2.87. The van der Waals surface area contributed by atoms with Gasteiger partial charge in [0.05, 0.1) is 6.54 Å². The maximum Gasteiger partial charge on any atom is 0.108 e. The van der Waals surface area contributed by atoms with Gasteiger partial charge in [0.15, 0.2) is 0 Å². The molecule has 2 aliphatic rings. The third-order valence-corrected chi connectivity index (χ3v) is 5.92. The van der Waals surface area contributed by atoms with Crippen molar-refractivity contribution in [3.05, 3.63) is 65.1 Å². The Hall–Kier alpha value is -2.17. The minimum atomic E-state index is -0.846. The minimum absolute atomic E-state index is 0.331. The number of aromatic nitrogens is 2. The number of benzene rings is 1. The van der Waals surface area contributed by atoms with Gasteiger partial charge in [0, 0.05) is 41.5 Å². The molecule has 0 saturated heterocycles. The highest BCUT2D eigenvalue weighted by molar-refractivity contribution is 5.87. The molecule has 0 amide bonds. The van der Waals surface area contributed by atoms with E-state index in [4.69, 9.17) is 0 Å². The van der Waals surface area contributed by atoms with Crippen molar-refractivity contribution in [3.63, 3.8) is 0 Å². The maximum absolute atomic E-state index is 11.6. The maximum atomic E-state index is 11.6. The first-order chi connectivity index (χ1) is 12.2. The van der Waals surface area contributed by atoms with Gasteiger partial charge in [-0.05, 0) is 61.7 Å². The van der Waals surface area contributed by atoms with Gasteiger partial charge in [-0.15, -0.1) is 0 Å². The van der Waals surface area contributed by atoms with Crippen molar-refractivity contribution in [1.29, 1.82) is 0 Å². The smallest absolute Gasteiger partial charge is 0.108 e. The lowest BCUT2D eigenvalue weighted by Crippen LogP contribution is -2.40. The summed E-state index contributed by atoms with van der Waals surface area (Å²) in [5, 5.41) is 16.5. The summed E-state index contributed by atoms with van der Waals surface area (Å²) < 4.78 is 2.38. The fourth-order valence-corrected chi connectivity index (χ4v) is 4.82. The minimum Gasteiger partial charge on any atom is -0.383 e. The lowest BCUT2D eigenvalue weighted by atomic mass is 9.79. The summed E-state index contributed by atoms with van der Waals surface area (Å²) in [5.74, 6) is 0.331. The van der Waals surface area contributed by atoms with E-state index >= 15 is 0 Å². The summed E-state index contributed by atoms with van der Waals surface area (Å²) >= 11 is 0. The van der Waals surface area contributed by atoms with E-state index in [2.05, 4.69) is 40.0 Å².